The lowest BCUT2D eigenvalue weighted by Gasteiger charge is -2.29. The average molecular weight is 492 g/mol. The van der Waals surface area contributed by atoms with Crippen LogP contribution in [-0.2, 0) is 15.2 Å². The SMILES string of the molecule is C[C@@H](Nc1nccc(-c2cccc(-c3cc([C@]4(O)CCN(C)C4=O)on3)n2)n1)C(=O)N1CCCCC1. The third kappa shape index (κ3) is 4.53. The number of nitrogens with zero attached hydrogens (tertiary/aromatic N) is 6. The molecule has 5 heterocycles. The smallest absolute Gasteiger partial charge is 0.262 e. The zero-order valence-electron chi connectivity index (χ0n) is 20.3. The van der Waals surface area contributed by atoms with Crippen molar-refractivity contribution < 1.29 is 19.2 Å². The maximum atomic E-state index is 12.8. The molecule has 0 spiro atoms. The molecule has 0 aromatic carbocycles. The Morgan fingerprint density at radius 3 is 2.53 bits per heavy atom. The molecule has 0 bridgehead atoms. The van der Waals surface area contributed by atoms with Crippen LogP contribution in [0.25, 0.3) is 22.8 Å². The summed E-state index contributed by atoms with van der Waals surface area (Å²) in [6.45, 7) is 3.82. The Bertz CT molecular complexity index is 1270. The van der Waals surface area contributed by atoms with Crippen LogP contribution in [0.1, 0.15) is 38.4 Å². The first-order valence-corrected chi connectivity index (χ1v) is 12.2. The molecule has 0 saturated carbocycles. The molecular weight excluding hydrogens is 462 g/mol. The van der Waals surface area contributed by atoms with E-state index in [-0.39, 0.29) is 18.1 Å². The van der Waals surface area contributed by atoms with E-state index in [4.69, 9.17) is 4.52 Å². The van der Waals surface area contributed by atoms with Gasteiger partial charge in [0.1, 0.15) is 11.7 Å². The fourth-order valence-electron chi connectivity index (χ4n) is 4.61. The highest BCUT2D eigenvalue weighted by molar-refractivity contribution is 5.87. The summed E-state index contributed by atoms with van der Waals surface area (Å²) in [5.41, 5.74) is 0.338. The van der Waals surface area contributed by atoms with Crippen LogP contribution >= 0.6 is 0 Å². The molecule has 3 aromatic heterocycles. The number of aromatic nitrogens is 4. The number of carbonyl (C=O) groups is 2. The number of likely N-dealkylation sites (N-methyl/N-ethyl adjacent to an activating group) is 1. The minimum Gasteiger partial charge on any atom is -0.373 e. The summed E-state index contributed by atoms with van der Waals surface area (Å²) in [5.74, 6) is 0.0625. The Kier molecular flexibility index (Phi) is 6.40. The minimum absolute atomic E-state index is 0.0410. The molecule has 2 amide bonds. The molecule has 11 nitrogen and oxygen atoms in total. The molecule has 11 heteroatoms. The molecule has 2 atom stereocenters. The predicted molar refractivity (Wildman–Crippen MR) is 130 cm³/mol. The second-order valence-electron chi connectivity index (χ2n) is 9.34. The molecule has 2 aliphatic heterocycles. The van der Waals surface area contributed by atoms with Crippen molar-refractivity contribution in [2.24, 2.45) is 0 Å². The maximum absolute atomic E-state index is 12.8. The molecule has 2 aliphatic rings. The number of likely N-dealkylation sites (tertiary alicyclic amines) is 2. The second kappa shape index (κ2) is 9.65. The highest BCUT2D eigenvalue weighted by atomic mass is 16.5. The predicted octanol–water partition coefficient (Wildman–Crippen LogP) is 2.06. The summed E-state index contributed by atoms with van der Waals surface area (Å²) in [4.78, 5) is 42.0. The van der Waals surface area contributed by atoms with Crippen molar-refractivity contribution in [3.05, 3.63) is 42.3 Å². The van der Waals surface area contributed by atoms with Gasteiger partial charge in [0.25, 0.3) is 5.91 Å². The fourth-order valence-corrected chi connectivity index (χ4v) is 4.61. The second-order valence-corrected chi connectivity index (χ2v) is 9.34. The van der Waals surface area contributed by atoms with Crippen molar-refractivity contribution >= 4 is 17.8 Å². The normalized spacial score (nSPS) is 21.0. The molecular formula is C25H29N7O4. The third-order valence-electron chi connectivity index (χ3n) is 6.74. The monoisotopic (exact) mass is 491 g/mol. The Balaban J connectivity index is 1.33. The van der Waals surface area contributed by atoms with Crippen LogP contribution in [0.3, 0.4) is 0 Å². The van der Waals surface area contributed by atoms with Crippen molar-refractivity contribution in [2.75, 3.05) is 32.0 Å². The van der Waals surface area contributed by atoms with Crippen LogP contribution in [0.15, 0.2) is 41.1 Å². The molecule has 2 N–H and O–H groups in total. The number of rotatable bonds is 6. The van der Waals surface area contributed by atoms with E-state index >= 15 is 0 Å². The van der Waals surface area contributed by atoms with Crippen LogP contribution in [0, 0.1) is 0 Å². The Morgan fingerprint density at radius 2 is 1.81 bits per heavy atom. The van der Waals surface area contributed by atoms with Gasteiger partial charge in [-0.3, -0.25) is 9.59 Å². The van der Waals surface area contributed by atoms with Gasteiger partial charge in [0.2, 0.25) is 17.5 Å². The molecule has 2 saturated heterocycles. The molecule has 36 heavy (non-hydrogen) atoms. The topological polar surface area (TPSA) is 138 Å². The number of piperidine rings is 1. The van der Waals surface area contributed by atoms with Crippen LogP contribution < -0.4 is 5.32 Å². The number of nitrogens with one attached hydrogen (secondary N) is 1. The number of amides is 2. The molecule has 0 unspecified atom stereocenters. The standard InChI is InChI=1S/C25H29N7O4/c1-16(22(33)32-12-4-3-5-13-32)27-24-26-11-9-19(29-24)17-7-6-8-18(28-17)20-15-21(36-30-20)25(35)10-14-31(2)23(25)34/h6-9,11,15-16,35H,3-5,10,12-14H2,1-2H3,(H,26,27,29)/t16-,25-/m1/s1. The van der Waals surface area contributed by atoms with Crippen molar-refractivity contribution in [3.8, 4) is 22.8 Å². The van der Waals surface area contributed by atoms with Gasteiger partial charge in [-0.1, -0.05) is 11.2 Å². The summed E-state index contributed by atoms with van der Waals surface area (Å²) >= 11 is 0. The van der Waals surface area contributed by atoms with Crippen LogP contribution in [-0.4, -0.2) is 79.6 Å². The van der Waals surface area contributed by atoms with Crippen molar-refractivity contribution in [1.82, 2.24) is 29.9 Å². The Morgan fingerprint density at radius 1 is 1.08 bits per heavy atom. The number of carbonyl (C=O) groups excluding carboxylic acids is 2. The van der Waals surface area contributed by atoms with E-state index in [9.17, 15) is 14.7 Å². The first-order valence-electron chi connectivity index (χ1n) is 12.2. The summed E-state index contributed by atoms with van der Waals surface area (Å²) in [5, 5.41) is 18.0. The fraction of sp³-hybridized carbons (Fsp3) is 0.440. The van der Waals surface area contributed by atoms with E-state index in [1.165, 1.54) is 4.90 Å². The van der Waals surface area contributed by atoms with E-state index in [2.05, 4.69) is 25.4 Å². The number of anilines is 1. The van der Waals surface area contributed by atoms with Gasteiger partial charge in [0.15, 0.2) is 5.76 Å². The zero-order valence-corrected chi connectivity index (χ0v) is 20.3. The average Bonchev–Trinajstić information content (AvgIpc) is 3.51. The van der Waals surface area contributed by atoms with Crippen LogP contribution in [0.2, 0.25) is 0 Å². The van der Waals surface area contributed by atoms with Crippen molar-refractivity contribution in [2.45, 2.75) is 44.2 Å². The molecule has 0 radical (unpaired) electrons. The third-order valence-corrected chi connectivity index (χ3v) is 6.74. The van der Waals surface area contributed by atoms with Gasteiger partial charge in [-0.05, 0) is 44.4 Å². The largest absolute Gasteiger partial charge is 0.373 e. The summed E-state index contributed by atoms with van der Waals surface area (Å²) < 4.78 is 5.35. The van der Waals surface area contributed by atoms with E-state index < -0.39 is 17.6 Å². The molecule has 5 rings (SSSR count). The quantitative estimate of drug-likeness (QED) is 0.531. The molecule has 188 valence electrons. The lowest BCUT2D eigenvalue weighted by Crippen LogP contribution is -2.44. The molecule has 2 fully saturated rings. The number of aliphatic hydroxyl groups is 1. The van der Waals surface area contributed by atoms with E-state index in [0.29, 0.717) is 35.3 Å². The van der Waals surface area contributed by atoms with Crippen LogP contribution in [0.4, 0.5) is 5.95 Å². The summed E-state index contributed by atoms with van der Waals surface area (Å²) in [6, 6.07) is 8.21. The first-order chi connectivity index (χ1) is 17.3. The lowest BCUT2D eigenvalue weighted by molar-refractivity contribution is -0.144. The number of hydrogen-bond donors (Lipinski definition) is 2. The highest BCUT2D eigenvalue weighted by Gasteiger charge is 2.48. The number of pyridine rings is 1. The Hall–Kier alpha value is -3.86. The van der Waals surface area contributed by atoms with Gasteiger partial charge in [0, 0.05) is 45.4 Å². The van der Waals surface area contributed by atoms with Crippen molar-refractivity contribution in [1.29, 1.82) is 0 Å². The molecule has 0 aliphatic carbocycles. The van der Waals surface area contributed by atoms with Gasteiger partial charge in [0.05, 0.1) is 17.1 Å². The number of hydrogen-bond acceptors (Lipinski definition) is 9. The summed E-state index contributed by atoms with van der Waals surface area (Å²) in [7, 11) is 1.64. The van der Waals surface area contributed by atoms with Gasteiger partial charge < -0.3 is 24.7 Å². The Labute approximate surface area is 208 Å². The van der Waals surface area contributed by atoms with Gasteiger partial charge in [-0.15, -0.1) is 0 Å². The minimum atomic E-state index is -1.72. The maximum Gasteiger partial charge on any atom is 0.262 e. The first kappa shape index (κ1) is 23.9. The van der Waals surface area contributed by atoms with Crippen molar-refractivity contribution in [3.63, 3.8) is 0 Å². The molecule has 3 aromatic rings. The van der Waals surface area contributed by atoms with Gasteiger partial charge in [-0.25, -0.2) is 15.0 Å². The zero-order chi connectivity index (χ0) is 25.3. The van der Waals surface area contributed by atoms with E-state index in [1.807, 2.05) is 24.0 Å². The highest BCUT2D eigenvalue weighted by Crippen LogP contribution is 2.34. The van der Waals surface area contributed by atoms with E-state index in [1.54, 1.807) is 31.4 Å². The van der Waals surface area contributed by atoms with E-state index in [0.717, 1.165) is 32.4 Å². The van der Waals surface area contributed by atoms with Crippen LogP contribution in [0.5, 0.6) is 0 Å². The lowest BCUT2D eigenvalue weighted by atomic mass is 9.98. The summed E-state index contributed by atoms with van der Waals surface area (Å²) in [6.07, 6.45) is 5.08. The van der Waals surface area contributed by atoms with Gasteiger partial charge in [-0.2, -0.15) is 0 Å². The van der Waals surface area contributed by atoms with Gasteiger partial charge >= 0.3 is 0 Å².